The zero-order valence-electron chi connectivity index (χ0n) is 11.5. The lowest BCUT2D eigenvalue weighted by molar-refractivity contribution is -0.0241. The highest BCUT2D eigenvalue weighted by Crippen LogP contribution is 2.26. The van der Waals surface area contributed by atoms with E-state index in [1.807, 2.05) is 36.1 Å². The first kappa shape index (κ1) is 13.9. The minimum Gasteiger partial charge on any atom is -0.371 e. The molecular formula is C15H19BrN2O2. The highest BCUT2D eigenvalue weighted by molar-refractivity contribution is 9.10. The molecule has 20 heavy (non-hydrogen) atoms. The number of nitrogens with one attached hydrogen (secondary N) is 1. The summed E-state index contributed by atoms with van der Waals surface area (Å²) in [4.78, 5) is 14.2. The van der Waals surface area contributed by atoms with Crippen molar-refractivity contribution in [3.05, 3.63) is 34.3 Å². The normalized spacial score (nSPS) is 26.4. The molecule has 0 spiro atoms. The van der Waals surface area contributed by atoms with Gasteiger partial charge in [0.15, 0.2) is 0 Å². The van der Waals surface area contributed by atoms with Crippen LogP contribution >= 0.6 is 15.9 Å². The van der Waals surface area contributed by atoms with Gasteiger partial charge in [-0.25, -0.2) is 4.79 Å². The van der Waals surface area contributed by atoms with Crippen LogP contribution in [0.3, 0.4) is 0 Å². The van der Waals surface area contributed by atoms with Crippen LogP contribution in [0.1, 0.15) is 31.4 Å². The number of rotatable bonds is 2. The molecule has 2 fully saturated rings. The third-order valence-corrected chi connectivity index (χ3v) is 4.57. The van der Waals surface area contributed by atoms with Gasteiger partial charge in [0.05, 0.1) is 18.2 Å². The number of ether oxygens (including phenoxy) is 1. The maximum atomic E-state index is 12.3. The fourth-order valence-corrected chi connectivity index (χ4v) is 3.16. The van der Waals surface area contributed by atoms with Crippen LogP contribution in [0.4, 0.5) is 4.79 Å². The average molecular weight is 339 g/mol. The summed E-state index contributed by atoms with van der Waals surface area (Å²) in [5.74, 6) is 0. The van der Waals surface area contributed by atoms with Gasteiger partial charge in [0, 0.05) is 17.6 Å². The molecular weight excluding hydrogens is 320 g/mol. The van der Waals surface area contributed by atoms with E-state index in [1.54, 1.807) is 0 Å². The molecule has 0 saturated carbocycles. The Labute approximate surface area is 127 Å². The molecule has 3 rings (SSSR count). The van der Waals surface area contributed by atoms with E-state index in [9.17, 15) is 4.79 Å². The van der Waals surface area contributed by atoms with Crippen molar-refractivity contribution in [2.75, 3.05) is 13.1 Å². The first-order valence-corrected chi connectivity index (χ1v) is 7.87. The Hall–Kier alpha value is -1.07. The summed E-state index contributed by atoms with van der Waals surface area (Å²) in [6.45, 7) is 3.45. The van der Waals surface area contributed by atoms with Crippen molar-refractivity contribution < 1.29 is 9.53 Å². The highest BCUT2D eigenvalue weighted by Gasteiger charge is 2.35. The van der Waals surface area contributed by atoms with Crippen LogP contribution in [-0.2, 0) is 4.74 Å². The van der Waals surface area contributed by atoms with Gasteiger partial charge < -0.3 is 15.0 Å². The van der Waals surface area contributed by atoms with Gasteiger partial charge in [-0.2, -0.15) is 0 Å². The Kier molecular flexibility index (Phi) is 3.98. The lowest BCUT2D eigenvalue weighted by Crippen LogP contribution is -2.50. The molecule has 5 heteroatoms. The molecule has 1 aromatic rings. The lowest BCUT2D eigenvalue weighted by atomic mass is 10.1. The Balaban J connectivity index is 1.59. The van der Waals surface area contributed by atoms with Crippen LogP contribution in [0, 0.1) is 0 Å². The number of carbonyl (C=O) groups is 1. The van der Waals surface area contributed by atoms with E-state index in [0.717, 1.165) is 36.0 Å². The minimum absolute atomic E-state index is 0.0103. The van der Waals surface area contributed by atoms with Gasteiger partial charge in [-0.3, -0.25) is 0 Å². The van der Waals surface area contributed by atoms with Crippen molar-refractivity contribution in [3.8, 4) is 0 Å². The van der Waals surface area contributed by atoms with Gasteiger partial charge in [-0.05, 0) is 37.5 Å². The summed E-state index contributed by atoms with van der Waals surface area (Å²) < 4.78 is 6.80. The summed E-state index contributed by atoms with van der Waals surface area (Å²) in [6, 6.07) is 8.06. The topological polar surface area (TPSA) is 41.6 Å². The van der Waals surface area contributed by atoms with Gasteiger partial charge in [0.2, 0.25) is 0 Å². The first-order valence-electron chi connectivity index (χ1n) is 7.08. The molecule has 1 N–H and O–H groups in total. The zero-order valence-corrected chi connectivity index (χ0v) is 13.1. The first-order chi connectivity index (χ1) is 9.61. The van der Waals surface area contributed by atoms with Gasteiger partial charge in [0.25, 0.3) is 0 Å². The standard InChI is InChI=1S/C15H19BrN2O2/c1-10(11-2-4-12(16)5-3-11)17-15(19)18-8-13-6-7-14(9-18)20-13/h2-5,10,13-14H,6-9H2,1H3,(H,17,19)/t10-,13?,14?/m1/s1. The molecule has 0 aromatic heterocycles. The van der Waals surface area contributed by atoms with Crippen molar-refractivity contribution in [2.24, 2.45) is 0 Å². The molecule has 2 amide bonds. The van der Waals surface area contributed by atoms with Crippen molar-refractivity contribution >= 4 is 22.0 Å². The van der Waals surface area contributed by atoms with E-state index in [0.29, 0.717) is 0 Å². The fourth-order valence-electron chi connectivity index (χ4n) is 2.89. The SMILES string of the molecule is C[C@@H](NC(=O)N1CC2CCC(C1)O2)c1ccc(Br)cc1. The Morgan fingerprint density at radius 2 is 1.90 bits per heavy atom. The van der Waals surface area contributed by atoms with Crippen LogP contribution in [0.2, 0.25) is 0 Å². The maximum Gasteiger partial charge on any atom is 0.318 e. The molecule has 2 heterocycles. The van der Waals surface area contributed by atoms with E-state index < -0.39 is 0 Å². The second kappa shape index (κ2) is 5.74. The van der Waals surface area contributed by atoms with Crippen LogP contribution in [-0.4, -0.2) is 36.2 Å². The average Bonchev–Trinajstić information content (AvgIpc) is 2.78. The number of benzene rings is 1. The number of halogens is 1. The fraction of sp³-hybridized carbons (Fsp3) is 0.533. The Bertz CT molecular complexity index is 479. The van der Waals surface area contributed by atoms with E-state index >= 15 is 0 Å². The number of amides is 2. The van der Waals surface area contributed by atoms with Crippen molar-refractivity contribution in [1.82, 2.24) is 10.2 Å². The molecule has 3 atom stereocenters. The highest BCUT2D eigenvalue weighted by atomic mass is 79.9. The van der Waals surface area contributed by atoms with Crippen LogP contribution in [0.15, 0.2) is 28.7 Å². The number of morpholine rings is 1. The maximum absolute atomic E-state index is 12.3. The molecule has 2 bridgehead atoms. The minimum atomic E-state index is 0.0103. The second-order valence-corrected chi connectivity index (χ2v) is 6.50. The summed E-state index contributed by atoms with van der Waals surface area (Å²) in [5.41, 5.74) is 1.11. The molecule has 1 aromatic carbocycles. The largest absolute Gasteiger partial charge is 0.371 e. The number of hydrogen-bond acceptors (Lipinski definition) is 2. The summed E-state index contributed by atoms with van der Waals surface area (Å²) in [6.07, 6.45) is 2.64. The number of carbonyl (C=O) groups excluding carboxylic acids is 1. The molecule has 0 aliphatic carbocycles. The molecule has 0 radical (unpaired) electrons. The van der Waals surface area contributed by atoms with Crippen molar-refractivity contribution in [2.45, 2.75) is 38.0 Å². The second-order valence-electron chi connectivity index (χ2n) is 5.59. The molecule has 2 saturated heterocycles. The predicted molar refractivity (Wildman–Crippen MR) is 80.6 cm³/mol. The Morgan fingerprint density at radius 1 is 1.30 bits per heavy atom. The molecule has 108 valence electrons. The molecule has 2 unspecified atom stereocenters. The van der Waals surface area contributed by atoms with Crippen LogP contribution in [0.25, 0.3) is 0 Å². The number of urea groups is 1. The van der Waals surface area contributed by atoms with E-state index in [-0.39, 0.29) is 24.3 Å². The Morgan fingerprint density at radius 3 is 2.50 bits per heavy atom. The smallest absolute Gasteiger partial charge is 0.318 e. The molecule has 4 nitrogen and oxygen atoms in total. The van der Waals surface area contributed by atoms with E-state index in [1.165, 1.54) is 0 Å². The van der Waals surface area contributed by atoms with Crippen molar-refractivity contribution in [1.29, 1.82) is 0 Å². The van der Waals surface area contributed by atoms with Gasteiger partial charge in [0.1, 0.15) is 0 Å². The molecule has 2 aliphatic heterocycles. The summed E-state index contributed by atoms with van der Waals surface area (Å²) in [7, 11) is 0. The number of hydrogen-bond donors (Lipinski definition) is 1. The zero-order chi connectivity index (χ0) is 14.1. The van der Waals surface area contributed by atoms with Gasteiger partial charge in [-0.1, -0.05) is 28.1 Å². The van der Waals surface area contributed by atoms with E-state index in [2.05, 4.69) is 21.2 Å². The van der Waals surface area contributed by atoms with Crippen LogP contribution < -0.4 is 5.32 Å². The number of nitrogens with zero attached hydrogens (tertiary/aromatic N) is 1. The number of fused-ring (bicyclic) bond motifs is 2. The summed E-state index contributed by atoms with van der Waals surface area (Å²) in [5, 5.41) is 3.07. The molecule has 2 aliphatic rings. The quantitative estimate of drug-likeness (QED) is 0.900. The number of likely N-dealkylation sites (tertiary alicyclic amines) is 1. The third kappa shape index (κ3) is 2.99. The predicted octanol–water partition coefficient (Wildman–Crippen LogP) is 3.08. The van der Waals surface area contributed by atoms with Crippen LogP contribution in [0.5, 0.6) is 0 Å². The van der Waals surface area contributed by atoms with Gasteiger partial charge in [-0.15, -0.1) is 0 Å². The van der Waals surface area contributed by atoms with E-state index in [4.69, 9.17) is 4.74 Å². The lowest BCUT2D eigenvalue weighted by Gasteiger charge is -2.33. The summed E-state index contributed by atoms with van der Waals surface area (Å²) >= 11 is 3.42. The monoisotopic (exact) mass is 338 g/mol. The van der Waals surface area contributed by atoms with Gasteiger partial charge >= 0.3 is 6.03 Å². The third-order valence-electron chi connectivity index (χ3n) is 4.04. The van der Waals surface area contributed by atoms with Crippen molar-refractivity contribution in [3.63, 3.8) is 0 Å².